The molecule has 1 heterocycles. The molecule has 1 aliphatic heterocycles. The van der Waals surface area contributed by atoms with Gasteiger partial charge in [0.15, 0.2) is 5.60 Å². The number of aliphatic hydroxyl groups is 1. The maximum absolute atomic E-state index is 13.0. The third-order valence-electron chi connectivity index (χ3n) is 4.98. The van der Waals surface area contributed by atoms with Crippen LogP contribution in [-0.4, -0.2) is 37.0 Å². The summed E-state index contributed by atoms with van der Waals surface area (Å²) >= 11 is 0. The minimum Gasteiger partial charge on any atom is -0.376 e. The van der Waals surface area contributed by atoms with Crippen molar-refractivity contribution in [3.05, 3.63) is 65.7 Å². The minimum atomic E-state index is -4.71. The predicted molar refractivity (Wildman–Crippen MR) is 96.2 cm³/mol. The molecule has 0 saturated carbocycles. The molecule has 1 fully saturated rings. The number of piperazine rings is 1. The van der Waals surface area contributed by atoms with Gasteiger partial charge in [-0.05, 0) is 36.6 Å². The highest BCUT2D eigenvalue weighted by molar-refractivity contribution is 5.50. The van der Waals surface area contributed by atoms with Crippen LogP contribution < -0.4 is 10.2 Å². The summed E-state index contributed by atoms with van der Waals surface area (Å²) < 4.78 is 39.0. The van der Waals surface area contributed by atoms with E-state index in [0.29, 0.717) is 0 Å². The van der Waals surface area contributed by atoms with Crippen molar-refractivity contribution in [1.82, 2.24) is 5.32 Å². The van der Waals surface area contributed by atoms with E-state index >= 15 is 0 Å². The van der Waals surface area contributed by atoms with Gasteiger partial charge in [0.05, 0.1) is 0 Å². The normalized spacial score (nSPS) is 20.7. The maximum atomic E-state index is 13.0. The molecule has 1 aliphatic rings. The van der Waals surface area contributed by atoms with Gasteiger partial charge >= 0.3 is 6.18 Å². The van der Waals surface area contributed by atoms with E-state index in [9.17, 15) is 18.3 Å². The first-order valence-electron chi connectivity index (χ1n) is 8.70. The summed E-state index contributed by atoms with van der Waals surface area (Å²) in [7, 11) is 0. The van der Waals surface area contributed by atoms with Crippen LogP contribution in [0.2, 0.25) is 0 Å². The number of hydrogen-bond acceptors (Lipinski definition) is 3. The van der Waals surface area contributed by atoms with Crippen molar-refractivity contribution in [3.63, 3.8) is 0 Å². The predicted octanol–water partition coefficient (Wildman–Crippen LogP) is 3.48. The van der Waals surface area contributed by atoms with E-state index < -0.39 is 11.8 Å². The van der Waals surface area contributed by atoms with Crippen molar-refractivity contribution in [1.29, 1.82) is 0 Å². The fourth-order valence-electron chi connectivity index (χ4n) is 3.31. The lowest BCUT2D eigenvalue weighted by Crippen LogP contribution is -2.52. The first-order valence-corrected chi connectivity index (χ1v) is 8.70. The van der Waals surface area contributed by atoms with Gasteiger partial charge in [-0.3, -0.25) is 0 Å². The summed E-state index contributed by atoms with van der Waals surface area (Å²) in [5.41, 5.74) is -0.904. The number of alkyl halides is 3. The van der Waals surface area contributed by atoms with E-state index in [2.05, 4.69) is 22.3 Å². The molecule has 2 aromatic rings. The van der Waals surface area contributed by atoms with Crippen molar-refractivity contribution >= 4 is 5.69 Å². The van der Waals surface area contributed by atoms with Crippen molar-refractivity contribution < 1.29 is 18.3 Å². The molecule has 0 bridgehead atoms. The van der Waals surface area contributed by atoms with Crippen LogP contribution in [0.25, 0.3) is 0 Å². The Bertz CT molecular complexity index is 714. The SMILES string of the molecule is CC(O)(c1ccc(N2CCNCC2Cc2ccccc2)cc1)C(F)(F)F. The average Bonchev–Trinajstić information content (AvgIpc) is 2.62. The molecule has 0 spiro atoms. The van der Waals surface area contributed by atoms with Gasteiger partial charge < -0.3 is 15.3 Å². The molecule has 0 radical (unpaired) electrons. The molecule has 0 aliphatic carbocycles. The van der Waals surface area contributed by atoms with Crippen molar-refractivity contribution in [2.24, 2.45) is 0 Å². The van der Waals surface area contributed by atoms with Crippen LogP contribution in [0.1, 0.15) is 18.1 Å². The van der Waals surface area contributed by atoms with Gasteiger partial charge in [-0.25, -0.2) is 0 Å². The first kappa shape index (κ1) is 18.7. The summed E-state index contributed by atoms with van der Waals surface area (Å²) in [6, 6.07) is 16.4. The summed E-state index contributed by atoms with van der Waals surface area (Å²) in [6.07, 6.45) is -3.85. The van der Waals surface area contributed by atoms with Gasteiger partial charge in [-0.1, -0.05) is 42.5 Å². The van der Waals surface area contributed by atoms with Crippen molar-refractivity contribution in [2.45, 2.75) is 31.2 Å². The number of rotatable bonds is 4. The van der Waals surface area contributed by atoms with E-state index in [-0.39, 0.29) is 11.6 Å². The first-order chi connectivity index (χ1) is 12.3. The Kier molecular flexibility index (Phi) is 5.25. The molecule has 3 rings (SSSR count). The molecule has 2 unspecified atom stereocenters. The highest BCUT2D eigenvalue weighted by atomic mass is 19.4. The summed E-state index contributed by atoms with van der Waals surface area (Å²) in [4.78, 5) is 2.22. The molecule has 6 heteroatoms. The smallest absolute Gasteiger partial charge is 0.376 e. The van der Waals surface area contributed by atoms with Crippen LogP contribution in [-0.2, 0) is 12.0 Å². The van der Waals surface area contributed by atoms with Crippen molar-refractivity contribution in [3.8, 4) is 0 Å². The third-order valence-corrected chi connectivity index (χ3v) is 4.98. The topological polar surface area (TPSA) is 35.5 Å². The lowest BCUT2D eigenvalue weighted by molar-refractivity contribution is -0.258. The number of nitrogens with zero attached hydrogens (tertiary/aromatic N) is 1. The lowest BCUT2D eigenvalue weighted by Gasteiger charge is -2.38. The number of hydrogen-bond donors (Lipinski definition) is 2. The van der Waals surface area contributed by atoms with E-state index in [1.807, 2.05) is 18.2 Å². The molecule has 140 valence electrons. The zero-order chi connectivity index (χ0) is 18.8. The van der Waals surface area contributed by atoms with Crippen LogP contribution >= 0.6 is 0 Å². The second-order valence-corrected chi connectivity index (χ2v) is 6.86. The van der Waals surface area contributed by atoms with Crippen LogP contribution in [0.3, 0.4) is 0 Å². The molecule has 2 atom stereocenters. The molecule has 0 amide bonds. The van der Waals surface area contributed by atoms with Gasteiger partial charge in [-0.15, -0.1) is 0 Å². The summed E-state index contributed by atoms with van der Waals surface area (Å²) in [5.74, 6) is 0. The van der Waals surface area contributed by atoms with E-state index in [1.54, 1.807) is 12.1 Å². The molecule has 2 aromatic carbocycles. The lowest BCUT2D eigenvalue weighted by atomic mass is 9.94. The van der Waals surface area contributed by atoms with Crippen molar-refractivity contribution in [2.75, 3.05) is 24.5 Å². The Hall–Kier alpha value is -2.05. The number of benzene rings is 2. The van der Waals surface area contributed by atoms with E-state index in [0.717, 1.165) is 38.7 Å². The van der Waals surface area contributed by atoms with Gasteiger partial charge in [0, 0.05) is 31.4 Å². The van der Waals surface area contributed by atoms with Crippen LogP contribution in [0.5, 0.6) is 0 Å². The van der Waals surface area contributed by atoms with E-state index in [4.69, 9.17) is 0 Å². The monoisotopic (exact) mass is 364 g/mol. The number of anilines is 1. The fraction of sp³-hybridized carbons (Fsp3) is 0.400. The Morgan fingerprint density at radius 3 is 2.35 bits per heavy atom. The quantitative estimate of drug-likeness (QED) is 0.872. The second-order valence-electron chi connectivity index (χ2n) is 6.86. The zero-order valence-electron chi connectivity index (χ0n) is 14.6. The molecule has 0 aromatic heterocycles. The molecular weight excluding hydrogens is 341 g/mol. The van der Waals surface area contributed by atoms with Gasteiger partial charge in [0.25, 0.3) is 0 Å². The largest absolute Gasteiger partial charge is 0.421 e. The standard InChI is InChI=1S/C20H23F3N2O/c1-19(26,20(21,22)23)16-7-9-17(10-8-16)25-12-11-24-14-18(25)13-15-5-3-2-4-6-15/h2-10,18,24,26H,11-14H2,1H3. The molecule has 3 nitrogen and oxygen atoms in total. The third kappa shape index (κ3) is 3.86. The van der Waals surface area contributed by atoms with Gasteiger partial charge in [0.1, 0.15) is 0 Å². The summed E-state index contributed by atoms with van der Waals surface area (Å²) in [6.45, 7) is 3.21. The fourth-order valence-corrected chi connectivity index (χ4v) is 3.31. The average molecular weight is 364 g/mol. The van der Waals surface area contributed by atoms with Gasteiger partial charge in [-0.2, -0.15) is 13.2 Å². The Balaban J connectivity index is 1.80. The molecule has 26 heavy (non-hydrogen) atoms. The zero-order valence-corrected chi connectivity index (χ0v) is 14.6. The van der Waals surface area contributed by atoms with Gasteiger partial charge in [0.2, 0.25) is 0 Å². The van der Waals surface area contributed by atoms with Crippen LogP contribution in [0.4, 0.5) is 18.9 Å². The maximum Gasteiger partial charge on any atom is 0.421 e. The highest BCUT2D eigenvalue weighted by Gasteiger charge is 2.51. The summed E-state index contributed by atoms with van der Waals surface area (Å²) in [5, 5.41) is 13.2. The number of halogens is 3. The Morgan fingerprint density at radius 1 is 1.08 bits per heavy atom. The van der Waals surface area contributed by atoms with Crippen LogP contribution in [0.15, 0.2) is 54.6 Å². The minimum absolute atomic E-state index is 0.150. The van der Waals surface area contributed by atoms with Crippen LogP contribution in [0, 0.1) is 0 Å². The van der Waals surface area contributed by atoms with E-state index in [1.165, 1.54) is 17.7 Å². The molecule has 2 N–H and O–H groups in total. The molecule has 1 saturated heterocycles. The number of nitrogens with one attached hydrogen (secondary N) is 1. The Labute approximate surface area is 151 Å². The highest BCUT2D eigenvalue weighted by Crippen LogP contribution is 2.39. The molecular formula is C20H23F3N2O. The second kappa shape index (κ2) is 7.29. The Morgan fingerprint density at radius 2 is 1.73 bits per heavy atom.